The predicted octanol–water partition coefficient (Wildman–Crippen LogP) is 7.62. The first-order chi connectivity index (χ1) is 18.5. The molecule has 0 amide bonds. The fraction of sp³-hybridized carbons (Fsp3) is 0.179. The van der Waals surface area contributed by atoms with E-state index in [0.29, 0.717) is 12.1 Å². The Morgan fingerprint density at radius 3 is 2.21 bits per heavy atom. The molecule has 2 aromatic heterocycles. The van der Waals surface area contributed by atoms with Crippen LogP contribution < -0.4 is 4.74 Å². The van der Waals surface area contributed by atoms with E-state index in [1.165, 1.54) is 10.8 Å². The minimum absolute atomic E-state index is 0.0302. The fourth-order valence-electron chi connectivity index (χ4n) is 4.10. The highest BCUT2D eigenvalue weighted by Crippen LogP contribution is 2.35. The summed E-state index contributed by atoms with van der Waals surface area (Å²) in [5, 5.41) is 0. The smallest absolute Gasteiger partial charge is 0.419 e. The number of rotatable bonds is 6. The number of benzene rings is 3. The van der Waals surface area contributed by atoms with Crippen LogP contribution in [0.5, 0.6) is 5.75 Å². The lowest BCUT2D eigenvalue weighted by atomic mass is 10.1. The molecule has 0 aliphatic rings. The van der Waals surface area contributed by atoms with Crippen LogP contribution in [0, 0.1) is 17.5 Å². The predicted molar refractivity (Wildman–Crippen MR) is 132 cm³/mol. The van der Waals surface area contributed by atoms with Crippen molar-refractivity contribution in [2.45, 2.75) is 32.5 Å². The highest BCUT2D eigenvalue weighted by Gasteiger charge is 2.34. The molecule has 0 aliphatic carbocycles. The zero-order valence-electron chi connectivity index (χ0n) is 20.6. The van der Waals surface area contributed by atoms with Crippen molar-refractivity contribution in [3.63, 3.8) is 0 Å². The first kappa shape index (κ1) is 26.2. The number of aromatic nitrogens is 4. The Bertz CT molecular complexity index is 1640. The number of hydrogen-bond donors (Lipinski definition) is 0. The van der Waals surface area contributed by atoms with Crippen LogP contribution in [0.25, 0.3) is 28.2 Å². The van der Waals surface area contributed by atoms with Gasteiger partial charge in [-0.15, -0.1) is 0 Å². The van der Waals surface area contributed by atoms with E-state index in [4.69, 9.17) is 4.74 Å². The van der Waals surface area contributed by atoms with Gasteiger partial charge in [-0.2, -0.15) is 13.2 Å². The summed E-state index contributed by atoms with van der Waals surface area (Å²) < 4.78 is 91.2. The van der Waals surface area contributed by atoms with Crippen molar-refractivity contribution >= 4 is 11.2 Å². The molecular weight excluding hydrogens is 522 g/mol. The molecule has 0 aliphatic heterocycles. The molecule has 0 atom stereocenters. The second-order valence-corrected chi connectivity index (χ2v) is 9.06. The summed E-state index contributed by atoms with van der Waals surface area (Å²) in [6.07, 6.45) is -3.70. The van der Waals surface area contributed by atoms with Crippen molar-refractivity contribution in [2.75, 3.05) is 0 Å². The molecule has 0 N–H and O–H groups in total. The monoisotopic (exact) mass is 542 g/mol. The number of halogens is 6. The normalized spacial score (nSPS) is 11.9. The zero-order valence-corrected chi connectivity index (χ0v) is 20.6. The Kier molecular flexibility index (Phi) is 6.75. The molecule has 39 heavy (non-hydrogen) atoms. The number of hydrogen-bond acceptors (Lipinski definition) is 4. The Labute approximate surface area is 218 Å². The van der Waals surface area contributed by atoms with Gasteiger partial charge in [0.25, 0.3) is 0 Å². The van der Waals surface area contributed by atoms with Gasteiger partial charge in [0, 0.05) is 23.6 Å². The number of alkyl halides is 3. The molecule has 0 fully saturated rings. The first-order valence-electron chi connectivity index (χ1n) is 11.8. The second-order valence-electron chi connectivity index (χ2n) is 9.06. The van der Waals surface area contributed by atoms with Crippen LogP contribution in [0.3, 0.4) is 0 Å². The molecular formula is C28H20F6N4O. The van der Waals surface area contributed by atoms with Gasteiger partial charge in [0.15, 0.2) is 23.1 Å². The van der Waals surface area contributed by atoms with Crippen LogP contribution in [0.1, 0.15) is 36.7 Å². The quantitative estimate of drug-likeness (QED) is 0.207. The largest absolute Gasteiger partial charge is 0.489 e. The van der Waals surface area contributed by atoms with Gasteiger partial charge in [0.1, 0.15) is 35.2 Å². The molecule has 0 spiro atoms. The molecule has 5 nitrogen and oxygen atoms in total. The molecule has 0 radical (unpaired) electrons. The van der Waals surface area contributed by atoms with E-state index in [-0.39, 0.29) is 46.7 Å². The third-order valence-corrected chi connectivity index (χ3v) is 5.93. The summed E-state index contributed by atoms with van der Waals surface area (Å²) in [6, 6.07) is 13.5. The third kappa shape index (κ3) is 5.16. The third-order valence-electron chi connectivity index (χ3n) is 5.93. The summed E-state index contributed by atoms with van der Waals surface area (Å²) in [6.45, 7) is 3.61. The van der Waals surface area contributed by atoms with Gasteiger partial charge in [-0.25, -0.2) is 28.1 Å². The molecule has 5 aromatic rings. The van der Waals surface area contributed by atoms with E-state index in [0.717, 1.165) is 23.8 Å². The van der Waals surface area contributed by atoms with E-state index < -0.39 is 34.9 Å². The van der Waals surface area contributed by atoms with Crippen LogP contribution in [0.15, 0.2) is 66.9 Å². The highest BCUT2D eigenvalue weighted by atomic mass is 19.4. The van der Waals surface area contributed by atoms with Gasteiger partial charge in [-0.05, 0) is 23.8 Å². The number of imidazole rings is 1. The van der Waals surface area contributed by atoms with Gasteiger partial charge in [-0.1, -0.05) is 44.2 Å². The lowest BCUT2D eigenvalue weighted by molar-refractivity contribution is -0.139. The minimum Gasteiger partial charge on any atom is -0.489 e. The maximum absolute atomic E-state index is 15.4. The lowest BCUT2D eigenvalue weighted by Crippen LogP contribution is -2.10. The van der Waals surface area contributed by atoms with Crippen molar-refractivity contribution in [1.29, 1.82) is 0 Å². The van der Waals surface area contributed by atoms with Crippen molar-refractivity contribution in [3.8, 4) is 22.8 Å². The van der Waals surface area contributed by atoms with Crippen LogP contribution in [0.4, 0.5) is 26.3 Å². The summed E-state index contributed by atoms with van der Waals surface area (Å²) in [4.78, 5) is 12.8. The number of nitrogens with zero attached hydrogens (tertiary/aromatic N) is 4. The van der Waals surface area contributed by atoms with Crippen molar-refractivity contribution in [1.82, 2.24) is 19.5 Å². The van der Waals surface area contributed by atoms with E-state index >= 15 is 8.78 Å². The van der Waals surface area contributed by atoms with Gasteiger partial charge in [-0.3, -0.25) is 4.57 Å². The van der Waals surface area contributed by atoms with Gasteiger partial charge < -0.3 is 4.74 Å². The number of fused-ring (bicyclic) bond motifs is 1. The summed E-state index contributed by atoms with van der Waals surface area (Å²) in [7, 11) is 0. The summed E-state index contributed by atoms with van der Waals surface area (Å²) in [5.41, 5.74) is -1.14. The molecule has 3 aromatic carbocycles. The second kappa shape index (κ2) is 10.0. The van der Waals surface area contributed by atoms with Crippen LogP contribution >= 0.6 is 0 Å². The minimum atomic E-state index is -4.94. The molecule has 2 heterocycles. The average Bonchev–Trinajstić information content (AvgIpc) is 3.26. The molecule has 5 rings (SSSR count). The number of ether oxygens (including phenoxy) is 1. The highest BCUT2D eigenvalue weighted by molar-refractivity contribution is 5.76. The SMILES string of the molecule is CC(C)c1nc2cnc(-c3ccc(F)c(C(F)(F)F)c3)nc2n1-c1c(F)cc(OCc2ccccc2)cc1F. The first-order valence-corrected chi connectivity index (χ1v) is 11.8. The standard InChI is InChI=1S/C28H20F6N4O/c1-15(2)26-36-23-13-35-25(17-8-9-20(29)19(10-17)28(32,33)34)37-27(23)38(26)24-21(30)11-18(12-22(24)31)39-14-16-6-4-3-5-7-16/h3-13,15H,14H2,1-2H3. The van der Waals surface area contributed by atoms with E-state index in [9.17, 15) is 17.6 Å². The van der Waals surface area contributed by atoms with E-state index in [1.807, 2.05) is 30.3 Å². The maximum atomic E-state index is 15.4. The Balaban J connectivity index is 1.61. The van der Waals surface area contributed by atoms with E-state index in [1.54, 1.807) is 13.8 Å². The topological polar surface area (TPSA) is 52.8 Å². The fourth-order valence-corrected chi connectivity index (χ4v) is 4.10. The maximum Gasteiger partial charge on any atom is 0.419 e. The molecule has 200 valence electrons. The summed E-state index contributed by atoms with van der Waals surface area (Å²) in [5.74, 6) is -3.66. The molecule has 0 bridgehead atoms. The summed E-state index contributed by atoms with van der Waals surface area (Å²) >= 11 is 0. The molecule has 0 saturated heterocycles. The molecule has 11 heteroatoms. The van der Waals surface area contributed by atoms with Crippen LogP contribution in [0.2, 0.25) is 0 Å². The van der Waals surface area contributed by atoms with Gasteiger partial charge in [0.05, 0.1) is 11.8 Å². The molecule has 0 unspecified atom stereocenters. The van der Waals surface area contributed by atoms with Gasteiger partial charge >= 0.3 is 6.18 Å². The Hall–Kier alpha value is -4.41. The van der Waals surface area contributed by atoms with E-state index in [2.05, 4.69) is 15.0 Å². The van der Waals surface area contributed by atoms with Crippen molar-refractivity contribution in [3.05, 3.63) is 101 Å². The Morgan fingerprint density at radius 2 is 1.56 bits per heavy atom. The van der Waals surface area contributed by atoms with Crippen molar-refractivity contribution in [2.24, 2.45) is 0 Å². The lowest BCUT2D eigenvalue weighted by Gasteiger charge is -2.15. The van der Waals surface area contributed by atoms with Crippen molar-refractivity contribution < 1.29 is 31.1 Å². The zero-order chi connectivity index (χ0) is 27.9. The molecule has 0 saturated carbocycles. The Morgan fingerprint density at radius 1 is 0.872 bits per heavy atom. The van der Waals surface area contributed by atoms with Gasteiger partial charge in [0.2, 0.25) is 0 Å². The van der Waals surface area contributed by atoms with Crippen LogP contribution in [-0.4, -0.2) is 19.5 Å². The van der Waals surface area contributed by atoms with Crippen LogP contribution in [-0.2, 0) is 12.8 Å². The average molecular weight is 542 g/mol.